The number of pyridine rings is 1. The summed E-state index contributed by atoms with van der Waals surface area (Å²) in [5, 5.41) is 5.00. The summed E-state index contributed by atoms with van der Waals surface area (Å²) in [4.78, 5) is 17.9. The smallest absolute Gasteiger partial charge is 0.261 e. The van der Waals surface area contributed by atoms with Crippen molar-refractivity contribution in [1.82, 2.24) is 19.7 Å². The highest BCUT2D eigenvalue weighted by Gasteiger charge is 2.34. The van der Waals surface area contributed by atoms with Crippen LogP contribution in [0.3, 0.4) is 0 Å². The standard InChI is InChI=1S/C16H20F2N4O2/c1-9-6-10(2)19-15-14(9)16(20-21(15)3)24-8-13(23)22(7-12(17)18)11-4-5-11/h6,11-12H,4-5,7-8H2,1-3H3. The highest BCUT2D eigenvalue weighted by Crippen LogP contribution is 2.29. The molecule has 1 aliphatic carbocycles. The molecule has 0 unspecified atom stereocenters. The molecule has 130 valence electrons. The maximum Gasteiger partial charge on any atom is 0.261 e. The third-order valence-corrected chi connectivity index (χ3v) is 4.06. The van der Waals surface area contributed by atoms with Crippen molar-refractivity contribution in [2.24, 2.45) is 7.05 Å². The Morgan fingerprint density at radius 1 is 1.46 bits per heavy atom. The van der Waals surface area contributed by atoms with Crippen molar-refractivity contribution >= 4 is 16.9 Å². The van der Waals surface area contributed by atoms with E-state index in [4.69, 9.17) is 4.74 Å². The number of halogens is 2. The normalized spacial score (nSPS) is 14.4. The van der Waals surface area contributed by atoms with Gasteiger partial charge in [0.2, 0.25) is 5.88 Å². The molecule has 1 amide bonds. The van der Waals surface area contributed by atoms with Crippen molar-refractivity contribution in [3.05, 3.63) is 17.3 Å². The molecule has 0 N–H and O–H groups in total. The van der Waals surface area contributed by atoms with Crippen LogP contribution >= 0.6 is 0 Å². The fourth-order valence-electron chi connectivity index (χ4n) is 2.85. The Labute approximate surface area is 138 Å². The average molecular weight is 338 g/mol. The molecule has 0 atom stereocenters. The number of hydrogen-bond donors (Lipinski definition) is 0. The van der Waals surface area contributed by atoms with Gasteiger partial charge in [0.25, 0.3) is 12.3 Å². The van der Waals surface area contributed by atoms with E-state index in [1.165, 1.54) is 4.90 Å². The number of aryl methyl sites for hydroxylation is 3. The van der Waals surface area contributed by atoms with Crippen molar-refractivity contribution < 1.29 is 18.3 Å². The molecule has 2 aromatic rings. The summed E-state index contributed by atoms with van der Waals surface area (Å²) < 4.78 is 32.4. The maximum absolute atomic E-state index is 12.6. The van der Waals surface area contributed by atoms with Crippen molar-refractivity contribution in [3.8, 4) is 5.88 Å². The number of nitrogens with zero attached hydrogens (tertiary/aromatic N) is 4. The molecule has 24 heavy (non-hydrogen) atoms. The summed E-state index contributed by atoms with van der Waals surface area (Å²) in [5.74, 6) is -0.132. The Hall–Kier alpha value is -2.25. The van der Waals surface area contributed by atoms with Crippen LogP contribution in [0.25, 0.3) is 11.0 Å². The van der Waals surface area contributed by atoms with Gasteiger partial charge in [-0.1, -0.05) is 0 Å². The minimum Gasteiger partial charge on any atom is -0.466 e. The van der Waals surface area contributed by atoms with E-state index in [1.54, 1.807) is 11.7 Å². The Bertz CT molecular complexity index is 771. The number of fused-ring (bicyclic) bond motifs is 1. The van der Waals surface area contributed by atoms with E-state index in [0.717, 1.165) is 29.5 Å². The van der Waals surface area contributed by atoms with E-state index in [0.29, 0.717) is 11.5 Å². The van der Waals surface area contributed by atoms with Crippen LogP contribution in [0, 0.1) is 13.8 Å². The first-order valence-electron chi connectivity index (χ1n) is 7.88. The van der Waals surface area contributed by atoms with Gasteiger partial charge < -0.3 is 9.64 Å². The molecular weight excluding hydrogens is 318 g/mol. The highest BCUT2D eigenvalue weighted by molar-refractivity contribution is 5.85. The van der Waals surface area contributed by atoms with Crippen LogP contribution in [-0.2, 0) is 11.8 Å². The molecule has 0 aromatic carbocycles. The van der Waals surface area contributed by atoms with Crippen LogP contribution in [0.15, 0.2) is 6.07 Å². The molecule has 6 nitrogen and oxygen atoms in total. The Morgan fingerprint density at radius 2 is 2.17 bits per heavy atom. The van der Waals surface area contributed by atoms with Crippen LogP contribution in [0.2, 0.25) is 0 Å². The van der Waals surface area contributed by atoms with Crippen molar-refractivity contribution in [2.75, 3.05) is 13.2 Å². The largest absolute Gasteiger partial charge is 0.466 e. The molecule has 1 aliphatic rings. The molecule has 0 bridgehead atoms. The number of carbonyl (C=O) groups is 1. The zero-order valence-corrected chi connectivity index (χ0v) is 13.9. The van der Waals surface area contributed by atoms with E-state index in [1.807, 2.05) is 19.9 Å². The van der Waals surface area contributed by atoms with Gasteiger partial charge in [-0.2, -0.15) is 0 Å². The SMILES string of the molecule is Cc1cc(C)c2c(OCC(=O)N(CC(F)F)C3CC3)nn(C)c2n1. The van der Waals surface area contributed by atoms with E-state index in [2.05, 4.69) is 10.1 Å². The lowest BCUT2D eigenvalue weighted by atomic mass is 10.2. The van der Waals surface area contributed by atoms with Crippen LogP contribution in [0.1, 0.15) is 24.1 Å². The second kappa shape index (κ2) is 6.33. The van der Waals surface area contributed by atoms with Gasteiger partial charge in [0.15, 0.2) is 12.3 Å². The second-order valence-electron chi connectivity index (χ2n) is 6.16. The maximum atomic E-state index is 12.6. The van der Waals surface area contributed by atoms with Gasteiger partial charge in [0.1, 0.15) is 0 Å². The van der Waals surface area contributed by atoms with Gasteiger partial charge in [-0.05, 0) is 38.3 Å². The average Bonchev–Trinajstić information content (AvgIpc) is 3.28. The first-order valence-corrected chi connectivity index (χ1v) is 7.88. The molecule has 1 fully saturated rings. The molecule has 2 aromatic heterocycles. The van der Waals surface area contributed by atoms with Crippen LogP contribution in [0.5, 0.6) is 5.88 Å². The predicted molar refractivity (Wildman–Crippen MR) is 84.2 cm³/mol. The van der Waals surface area contributed by atoms with Crippen LogP contribution in [0.4, 0.5) is 8.78 Å². The molecule has 3 rings (SSSR count). The molecule has 0 radical (unpaired) electrons. The van der Waals surface area contributed by atoms with E-state index in [-0.39, 0.29) is 12.6 Å². The van der Waals surface area contributed by atoms with Crippen LogP contribution in [-0.4, -0.2) is 51.2 Å². The van der Waals surface area contributed by atoms with Crippen molar-refractivity contribution in [2.45, 2.75) is 39.2 Å². The van der Waals surface area contributed by atoms with E-state index >= 15 is 0 Å². The third-order valence-electron chi connectivity index (χ3n) is 4.06. The summed E-state index contributed by atoms with van der Waals surface area (Å²) in [6.07, 6.45) is -1.000. The predicted octanol–water partition coefficient (Wildman–Crippen LogP) is 2.22. The summed E-state index contributed by atoms with van der Waals surface area (Å²) in [5.41, 5.74) is 2.48. The Balaban J connectivity index is 1.77. The summed E-state index contributed by atoms with van der Waals surface area (Å²) in [7, 11) is 1.75. The first kappa shape index (κ1) is 16.6. The van der Waals surface area contributed by atoms with E-state index in [9.17, 15) is 13.6 Å². The van der Waals surface area contributed by atoms with E-state index < -0.39 is 18.9 Å². The zero-order chi connectivity index (χ0) is 17.4. The molecule has 0 aliphatic heterocycles. The monoisotopic (exact) mass is 338 g/mol. The van der Waals surface area contributed by atoms with Gasteiger partial charge in [-0.25, -0.2) is 18.4 Å². The quantitative estimate of drug-likeness (QED) is 0.810. The summed E-state index contributed by atoms with van der Waals surface area (Å²) >= 11 is 0. The zero-order valence-electron chi connectivity index (χ0n) is 13.9. The number of amides is 1. The lowest BCUT2D eigenvalue weighted by Crippen LogP contribution is -2.39. The summed E-state index contributed by atoms with van der Waals surface area (Å²) in [6, 6.07) is 1.83. The van der Waals surface area contributed by atoms with Gasteiger partial charge in [-0.15, -0.1) is 5.10 Å². The van der Waals surface area contributed by atoms with Crippen molar-refractivity contribution in [3.63, 3.8) is 0 Å². The number of aromatic nitrogens is 3. The number of hydrogen-bond acceptors (Lipinski definition) is 4. The number of carbonyl (C=O) groups excluding carboxylic acids is 1. The fraction of sp³-hybridized carbons (Fsp3) is 0.562. The minimum atomic E-state index is -2.54. The fourth-order valence-corrected chi connectivity index (χ4v) is 2.85. The number of alkyl halides is 2. The number of rotatable bonds is 6. The lowest BCUT2D eigenvalue weighted by Gasteiger charge is -2.21. The third kappa shape index (κ3) is 3.32. The molecule has 0 spiro atoms. The number of ether oxygens (including phenoxy) is 1. The second-order valence-corrected chi connectivity index (χ2v) is 6.16. The topological polar surface area (TPSA) is 60.2 Å². The van der Waals surface area contributed by atoms with Gasteiger partial charge >= 0.3 is 0 Å². The van der Waals surface area contributed by atoms with Gasteiger partial charge in [0.05, 0.1) is 11.9 Å². The van der Waals surface area contributed by atoms with Crippen LogP contribution < -0.4 is 4.74 Å². The summed E-state index contributed by atoms with van der Waals surface area (Å²) in [6.45, 7) is 2.96. The lowest BCUT2D eigenvalue weighted by molar-refractivity contribution is -0.136. The Morgan fingerprint density at radius 3 is 2.79 bits per heavy atom. The van der Waals surface area contributed by atoms with Gasteiger partial charge in [-0.3, -0.25) is 4.79 Å². The molecule has 8 heteroatoms. The molecule has 1 saturated carbocycles. The molecule has 2 heterocycles. The Kier molecular flexibility index (Phi) is 4.38. The van der Waals surface area contributed by atoms with Gasteiger partial charge in [0, 0.05) is 18.8 Å². The minimum absolute atomic E-state index is 0.0818. The molecular formula is C16H20F2N4O2. The van der Waals surface area contributed by atoms with Crippen molar-refractivity contribution in [1.29, 1.82) is 0 Å². The molecule has 0 saturated heterocycles. The first-order chi connectivity index (χ1) is 11.4. The highest BCUT2D eigenvalue weighted by atomic mass is 19.3.